The molecule has 0 bridgehead atoms. The number of phenols is 1. The van der Waals surface area contributed by atoms with Crippen molar-refractivity contribution in [1.82, 2.24) is 0 Å². The largest absolute Gasteiger partial charge is 0.542 e. The molecule has 0 fully saturated rings. The number of ether oxygens (including phenoxy) is 1. The fraction of sp³-hybridized carbons (Fsp3) is 0.370. The number of aryl methyl sites for hydroxylation is 1. The molecule has 0 radical (unpaired) electrons. The summed E-state index contributed by atoms with van der Waals surface area (Å²) in [6.45, 7) is 15.4. The van der Waals surface area contributed by atoms with Crippen molar-refractivity contribution in [1.29, 1.82) is 0 Å². The van der Waals surface area contributed by atoms with E-state index < -0.39 is 14.3 Å². The van der Waals surface area contributed by atoms with Gasteiger partial charge in [0, 0.05) is 10.8 Å². The quantitative estimate of drug-likeness (QED) is 0.228. The van der Waals surface area contributed by atoms with Gasteiger partial charge in [0.15, 0.2) is 0 Å². The Labute approximate surface area is 192 Å². The minimum Gasteiger partial charge on any atom is -0.542 e. The fourth-order valence-electron chi connectivity index (χ4n) is 5.04. The molecule has 3 aromatic rings. The number of esters is 1. The molecule has 0 spiro atoms. The van der Waals surface area contributed by atoms with Crippen molar-refractivity contribution in [2.24, 2.45) is 0 Å². The summed E-state index contributed by atoms with van der Waals surface area (Å²) in [4.78, 5) is 13.1. The third-order valence-electron chi connectivity index (χ3n) is 6.47. The molecule has 0 unspecified atom stereocenters. The van der Waals surface area contributed by atoms with Gasteiger partial charge in [0.2, 0.25) is 0 Å². The van der Waals surface area contributed by atoms with E-state index in [2.05, 4.69) is 41.5 Å². The molecule has 0 aliphatic carbocycles. The molecule has 0 aromatic heterocycles. The highest BCUT2D eigenvalue weighted by Crippen LogP contribution is 2.46. The first-order chi connectivity index (χ1) is 15.1. The Kier molecular flexibility index (Phi) is 6.99. The summed E-state index contributed by atoms with van der Waals surface area (Å²) >= 11 is 0. The minimum atomic E-state index is -2.29. The highest BCUT2D eigenvalue weighted by molar-refractivity contribution is 6.78. The Morgan fingerprint density at radius 2 is 1.47 bits per heavy atom. The Bertz CT molecular complexity index is 1080. The molecule has 0 saturated carbocycles. The fourth-order valence-corrected chi connectivity index (χ4v) is 10.3. The smallest absolute Gasteiger partial charge is 0.347 e. The van der Waals surface area contributed by atoms with Gasteiger partial charge in [-0.25, -0.2) is 4.79 Å². The molecule has 0 aliphatic rings. The van der Waals surface area contributed by atoms with Gasteiger partial charge in [-0.2, -0.15) is 0 Å². The van der Waals surface area contributed by atoms with Crippen LogP contribution in [-0.2, 0) is 0 Å². The maximum atomic E-state index is 13.1. The van der Waals surface area contributed by atoms with Crippen LogP contribution in [0.1, 0.15) is 57.5 Å². The van der Waals surface area contributed by atoms with E-state index in [-0.39, 0.29) is 11.3 Å². The van der Waals surface area contributed by atoms with Crippen LogP contribution in [0.5, 0.6) is 17.2 Å². The van der Waals surface area contributed by atoms with E-state index in [0.29, 0.717) is 33.5 Å². The monoisotopic (exact) mass is 450 g/mol. The van der Waals surface area contributed by atoms with Crippen LogP contribution in [0, 0.1) is 6.92 Å². The average Bonchev–Trinajstić information content (AvgIpc) is 2.73. The van der Waals surface area contributed by atoms with Crippen LogP contribution in [0.4, 0.5) is 0 Å². The minimum absolute atomic E-state index is 0.0807. The second kappa shape index (κ2) is 9.37. The van der Waals surface area contributed by atoms with Crippen LogP contribution in [0.25, 0.3) is 10.8 Å². The summed E-state index contributed by atoms with van der Waals surface area (Å²) in [5.41, 5.74) is 2.22. The number of hydrogen-bond acceptors (Lipinski definition) is 4. The standard InChI is InChI=1S/C27H34O4Si/c1-17(2)32(18(3)4,19(5)6)31-24-16-23(27(29)30-21-13-9-8-10-14-21)26(28)22-15-11-12-20(7)25(22)24/h8-19,28H,1-7H3. The Balaban J connectivity index is 2.21. The van der Waals surface area contributed by atoms with Crippen LogP contribution >= 0.6 is 0 Å². The van der Waals surface area contributed by atoms with E-state index in [1.165, 1.54) is 0 Å². The van der Waals surface area contributed by atoms with Crippen molar-refractivity contribution >= 4 is 25.1 Å². The molecule has 3 aromatic carbocycles. The normalized spacial score (nSPS) is 12.1. The van der Waals surface area contributed by atoms with E-state index in [1.54, 1.807) is 30.3 Å². The highest BCUT2D eigenvalue weighted by atomic mass is 28.4. The van der Waals surface area contributed by atoms with Crippen LogP contribution in [-0.4, -0.2) is 19.4 Å². The maximum absolute atomic E-state index is 13.1. The molecular formula is C27H34O4Si. The lowest BCUT2D eigenvalue weighted by Crippen LogP contribution is -2.50. The third-order valence-corrected chi connectivity index (χ3v) is 12.5. The molecule has 4 nitrogen and oxygen atoms in total. The van der Waals surface area contributed by atoms with E-state index in [9.17, 15) is 9.90 Å². The maximum Gasteiger partial charge on any atom is 0.347 e. The van der Waals surface area contributed by atoms with E-state index in [1.807, 2.05) is 31.2 Å². The summed E-state index contributed by atoms with van der Waals surface area (Å²) in [7, 11) is -2.29. The van der Waals surface area contributed by atoms with Gasteiger partial charge in [0.1, 0.15) is 22.8 Å². The molecular weight excluding hydrogens is 416 g/mol. The van der Waals surface area contributed by atoms with Crippen molar-refractivity contribution < 1.29 is 19.1 Å². The number of hydrogen-bond donors (Lipinski definition) is 1. The lowest BCUT2D eigenvalue weighted by molar-refractivity contribution is 0.0731. The van der Waals surface area contributed by atoms with Crippen molar-refractivity contribution in [3.63, 3.8) is 0 Å². The zero-order chi connectivity index (χ0) is 23.6. The van der Waals surface area contributed by atoms with Gasteiger partial charge in [0.05, 0.1) is 0 Å². The SMILES string of the molecule is Cc1cccc2c(O)c(C(=O)Oc3ccccc3)cc(O[Si](C(C)C)(C(C)C)C(C)C)c12. The third kappa shape index (κ3) is 4.26. The number of aromatic hydroxyl groups is 1. The number of benzene rings is 3. The summed E-state index contributed by atoms with van der Waals surface area (Å²) in [5, 5.41) is 12.5. The first kappa shape index (κ1) is 23.9. The topological polar surface area (TPSA) is 55.8 Å². The molecule has 1 N–H and O–H groups in total. The first-order valence-electron chi connectivity index (χ1n) is 11.3. The van der Waals surface area contributed by atoms with Crippen molar-refractivity contribution in [2.75, 3.05) is 0 Å². The molecule has 0 amide bonds. The second-order valence-electron chi connectivity index (χ2n) is 9.39. The van der Waals surface area contributed by atoms with E-state index in [0.717, 1.165) is 10.9 Å². The predicted octanol–water partition coefficient (Wildman–Crippen LogP) is 7.63. The molecule has 0 aliphatic heterocycles. The van der Waals surface area contributed by atoms with Crippen LogP contribution < -0.4 is 9.16 Å². The Morgan fingerprint density at radius 3 is 2.03 bits per heavy atom. The predicted molar refractivity (Wildman–Crippen MR) is 133 cm³/mol. The second-order valence-corrected chi connectivity index (χ2v) is 14.8. The van der Waals surface area contributed by atoms with E-state index >= 15 is 0 Å². The summed E-state index contributed by atoms with van der Waals surface area (Å²) in [6, 6.07) is 16.3. The molecule has 0 heterocycles. The van der Waals surface area contributed by atoms with Gasteiger partial charge < -0.3 is 14.3 Å². The number of carbonyl (C=O) groups excluding carboxylic acids is 1. The van der Waals surface area contributed by atoms with Crippen LogP contribution in [0.2, 0.25) is 16.6 Å². The number of para-hydroxylation sites is 1. The molecule has 3 rings (SSSR count). The van der Waals surface area contributed by atoms with Gasteiger partial charge >= 0.3 is 5.97 Å². The number of carbonyl (C=O) groups is 1. The number of phenolic OH excluding ortho intramolecular Hbond substituents is 1. The van der Waals surface area contributed by atoms with Crippen LogP contribution in [0.15, 0.2) is 54.6 Å². The average molecular weight is 451 g/mol. The number of fused-ring (bicyclic) bond motifs is 1. The zero-order valence-corrected chi connectivity index (χ0v) is 21.1. The Hall–Kier alpha value is -2.79. The zero-order valence-electron chi connectivity index (χ0n) is 20.1. The highest BCUT2D eigenvalue weighted by Gasteiger charge is 2.47. The molecule has 170 valence electrons. The molecule has 5 heteroatoms. The van der Waals surface area contributed by atoms with Crippen molar-refractivity contribution in [3.05, 3.63) is 65.7 Å². The van der Waals surface area contributed by atoms with E-state index in [4.69, 9.17) is 9.16 Å². The molecule has 0 atom stereocenters. The lowest BCUT2D eigenvalue weighted by atomic mass is 10.0. The lowest BCUT2D eigenvalue weighted by Gasteiger charge is -2.42. The van der Waals surface area contributed by atoms with Gasteiger partial charge in [0.25, 0.3) is 8.32 Å². The van der Waals surface area contributed by atoms with Crippen molar-refractivity contribution in [3.8, 4) is 17.2 Å². The van der Waals surface area contributed by atoms with Crippen LogP contribution in [0.3, 0.4) is 0 Å². The van der Waals surface area contributed by atoms with Crippen molar-refractivity contribution in [2.45, 2.75) is 65.1 Å². The molecule has 32 heavy (non-hydrogen) atoms. The summed E-state index contributed by atoms with van der Waals surface area (Å²) < 4.78 is 12.5. The first-order valence-corrected chi connectivity index (χ1v) is 13.4. The van der Waals surface area contributed by atoms with Gasteiger partial charge in [-0.05, 0) is 47.3 Å². The summed E-state index contributed by atoms with van der Waals surface area (Å²) in [5.74, 6) is 0.397. The van der Waals surface area contributed by atoms with Gasteiger partial charge in [-0.15, -0.1) is 0 Å². The van der Waals surface area contributed by atoms with Gasteiger partial charge in [-0.1, -0.05) is 77.9 Å². The number of rotatable bonds is 7. The summed E-state index contributed by atoms with van der Waals surface area (Å²) in [6.07, 6.45) is 0. The van der Waals surface area contributed by atoms with Gasteiger partial charge in [-0.3, -0.25) is 0 Å². The Morgan fingerprint density at radius 1 is 0.875 bits per heavy atom. The molecule has 0 saturated heterocycles.